The summed E-state index contributed by atoms with van der Waals surface area (Å²) >= 11 is 5.94. The molecule has 2 unspecified atom stereocenters. The van der Waals surface area contributed by atoms with Crippen molar-refractivity contribution in [3.05, 3.63) is 70.2 Å². The number of halogens is 3. The summed E-state index contributed by atoms with van der Waals surface area (Å²) in [5, 5.41) is 0.297. The van der Waals surface area contributed by atoms with Crippen LogP contribution in [0, 0.1) is 17.6 Å². The van der Waals surface area contributed by atoms with Crippen LogP contribution in [-0.4, -0.2) is 40.7 Å². The average Bonchev–Trinajstić information content (AvgIpc) is 3.05. The van der Waals surface area contributed by atoms with Crippen LogP contribution in [0.4, 0.5) is 8.78 Å². The summed E-state index contributed by atoms with van der Waals surface area (Å²) in [5.74, 6) is -1.26. The van der Waals surface area contributed by atoms with Gasteiger partial charge in [0.2, 0.25) is 5.91 Å². The van der Waals surface area contributed by atoms with Gasteiger partial charge in [0.25, 0.3) is 5.91 Å². The lowest BCUT2D eigenvalue weighted by atomic mass is 9.98. The maximum Gasteiger partial charge on any atom is 0.256 e. The zero-order valence-electron chi connectivity index (χ0n) is 15.8. The molecule has 0 radical (unpaired) electrons. The molecule has 2 aliphatic heterocycles. The molecule has 0 saturated carbocycles. The standard InChI is InChI=1S/C22H21ClF2N2O2/c23-16-7-8-19(25)18(10-16)22(29)26-12-15-4-2-6-21(28)27(20(15)13-26)11-14-3-1-5-17(24)9-14/h1,3,5,7-10,15,20H,2,4,6,11-13H2. The Hall–Kier alpha value is -2.47. The van der Waals surface area contributed by atoms with E-state index in [1.54, 1.807) is 21.9 Å². The maximum absolute atomic E-state index is 14.2. The van der Waals surface area contributed by atoms with Crippen molar-refractivity contribution in [1.29, 1.82) is 0 Å². The van der Waals surface area contributed by atoms with Gasteiger partial charge in [-0.3, -0.25) is 9.59 Å². The number of amides is 2. The largest absolute Gasteiger partial charge is 0.336 e. The molecule has 2 aliphatic rings. The Morgan fingerprint density at radius 1 is 1.14 bits per heavy atom. The number of hydrogen-bond donors (Lipinski definition) is 0. The quantitative estimate of drug-likeness (QED) is 0.746. The van der Waals surface area contributed by atoms with Gasteiger partial charge in [-0.1, -0.05) is 23.7 Å². The summed E-state index contributed by atoms with van der Waals surface area (Å²) in [6.07, 6.45) is 2.00. The van der Waals surface area contributed by atoms with Crippen LogP contribution in [-0.2, 0) is 11.3 Å². The minimum atomic E-state index is -0.612. The molecule has 2 saturated heterocycles. The fraction of sp³-hybridized carbons (Fsp3) is 0.364. The molecule has 2 fully saturated rings. The predicted molar refractivity (Wildman–Crippen MR) is 105 cm³/mol. The minimum Gasteiger partial charge on any atom is -0.336 e. The molecule has 0 bridgehead atoms. The molecule has 4 nitrogen and oxygen atoms in total. The average molecular weight is 419 g/mol. The lowest BCUT2D eigenvalue weighted by Crippen LogP contribution is -2.43. The highest BCUT2D eigenvalue weighted by Crippen LogP contribution is 2.33. The number of carbonyl (C=O) groups is 2. The number of fused-ring (bicyclic) bond motifs is 1. The van der Waals surface area contributed by atoms with Gasteiger partial charge in [-0.15, -0.1) is 0 Å². The first-order valence-electron chi connectivity index (χ1n) is 9.70. The smallest absolute Gasteiger partial charge is 0.256 e. The topological polar surface area (TPSA) is 40.6 Å². The monoisotopic (exact) mass is 418 g/mol. The van der Waals surface area contributed by atoms with E-state index in [4.69, 9.17) is 11.6 Å². The molecule has 152 valence electrons. The molecule has 2 amide bonds. The van der Waals surface area contributed by atoms with Gasteiger partial charge in [-0.05, 0) is 54.7 Å². The van der Waals surface area contributed by atoms with E-state index in [-0.39, 0.29) is 29.2 Å². The molecule has 7 heteroatoms. The Morgan fingerprint density at radius 3 is 2.76 bits per heavy atom. The van der Waals surface area contributed by atoms with E-state index < -0.39 is 11.7 Å². The van der Waals surface area contributed by atoms with Gasteiger partial charge in [0.1, 0.15) is 11.6 Å². The summed E-state index contributed by atoms with van der Waals surface area (Å²) in [5.41, 5.74) is 0.654. The molecule has 2 heterocycles. The van der Waals surface area contributed by atoms with E-state index in [0.29, 0.717) is 36.6 Å². The SMILES string of the molecule is O=C(c1cc(Cl)ccc1F)N1CC2CCCC(=O)N(Cc3cccc(F)c3)C2C1. The molecule has 0 aliphatic carbocycles. The van der Waals surface area contributed by atoms with Crippen LogP contribution in [0.1, 0.15) is 35.2 Å². The molecule has 0 aromatic heterocycles. The lowest BCUT2D eigenvalue weighted by Gasteiger charge is -2.30. The Labute approximate surface area is 173 Å². The van der Waals surface area contributed by atoms with Crippen molar-refractivity contribution in [3.63, 3.8) is 0 Å². The second-order valence-corrected chi connectivity index (χ2v) is 8.14. The highest BCUT2D eigenvalue weighted by Gasteiger charge is 2.42. The third kappa shape index (κ3) is 4.13. The van der Waals surface area contributed by atoms with Crippen molar-refractivity contribution < 1.29 is 18.4 Å². The molecular weight excluding hydrogens is 398 g/mol. The second-order valence-electron chi connectivity index (χ2n) is 7.71. The fourth-order valence-electron chi connectivity index (χ4n) is 4.37. The highest BCUT2D eigenvalue weighted by atomic mass is 35.5. The summed E-state index contributed by atoms with van der Waals surface area (Å²) < 4.78 is 27.8. The maximum atomic E-state index is 14.2. The molecule has 0 spiro atoms. The summed E-state index contributed by atoms with van der Waals surface area (Å²) in [7, 11) is 0. The molecular formula is C22H21ClF2N2O2. The first kappa shape index (κ1) is 19.8. The van der Waals surface area contributed by atoms with Crippen LogP contribution in [0.3, 0.4) is 0 Å². The number of likely N-dealkylation sites (tertiary alicyclic amines) is 2. The number of nitrogens with zero attached hydrogens (tertiary/aromatic N) is 2. The highest BCUT2D eigenvalue weighted by molar-refractivity contribution is 6.31. The summed E-state index contributed by atoms with van der Waals surface area (Å²) in [6, 6.07) is 9.96. The summed E-state index contributed by atoms with van der Waals surface area (Å²) in [4.78, 5) is 29.0. The van der Waals surface area contributed by atoms with Crippen LogP contribution >= 0.6 is 11.6 Å². The lowest BCUT2D eigenvalue weighted by molar-refractivity contribution is -0.133. The number of hydrogen-bond acceptors (Lipinski definition) is 2. The number of rotatable bonds is 3. The van der Waals surface area contributed by atoms with Gasteiger partial charge >= 0.3 is 0 Å². The third-order valence-electron chi connectivity index (χ3n) is 5.78. The molecule has 2 aromatic carbocycles. The van der Waals surface area contributed by atoms with E-state index in [2.05, 4.69) is 0 Å². The Bertz CT molecular complexity index is 952. The number of benzene rings is 2. The van der Waals surface area contributed by atoms with Crippen molar-refractivity contribution in [3.8, 4) is 0 Å². The minimum absolute atomic E-state index is 0.00463. The molecule has 0 N–H and O–H groups in total. The zero-order valence-corrected chi connectivity index (χ0v) is 16.5. The van der Waals surface area contributed by atoms with Gasteiger partial charge in [0.15, 0.2) is 0 Å². The third-order valence-corrected chi connectivity index (χ3v) is 6.02. The van der Waals surface area contributed by atoms with Crippen molar-refractivity contribution in [1.82, 2.24) is 9.80 Å². The predicted octanol–water partition coefficient (Wildman–Crippen LogP) is 4.27. The molecule has 29 heavy (non-hydrogen) atoms. The van der Waals surface area contributed by atoms with E-state index >= 15 is 0 Å². The Balaban J connectivity index is 1.57. The van der Waals surface area contributed by atoms with Crippen molar-refractivity contribution >= 4 is 23.4 Å². The van der Waals surface area contributed by atoms with Gasteiger partial charge < -0.3 is 9.80 Å². The van der Waals surface area contributed by atoms with Gasteiger partial charge in [0, 0.05) is 31.1 Å². The first-order valence-corrected chi connectivity index (χ1v) is 10.1. The summed E-state index contributed by atoms with van der Waals surface area (Å²) in [6.45, 7) is 1.09. The van der Waals surface area contributed by atoms with Crippen LogP contribution in [0.5, 0.6) is 0 Å². The van der Waals surface area contributed by atoms with Gasteiger partial charge in [-0.25, -0.2) is 8.78 Å². The van der Waals surface area contributed by atoms with E-state index in [1.165, 1.54) is 30.3 Å². The van der Waals surface area contributed by atoms with Crippen LogP contribution < -0.4 is 0 Å². The van der Waals surface area contributed by atoms with Crippen LogP contribution in [0.25, 0.3) is 0 Å². The van der Waals surface area contributed by atoms with Crippen molar-refractivity contribution in [2.75, 3.05) is 13.1 Å². The molecule has 2 atom stereocenters. The van der Waals surface area contributed by atoms with E-state index in [1.807, 2.05) is 0 Å². The van der Waals surface area contributed by atoms with Crippen LogP contribution in [0.15, 0.2) is 42.5 Å². The fourth-order valence-corrected chi connectivity index (χ4v) is 4.54. The second kappa shape index (κ2) is 8.11. The van der Waals surface area contributed by atoms with Crippen molar-refractivity contribution in [2.45, 2.75) is 31.8 Å². The van der Waals surface area contributed by atoms with Crippen LogP contribution in [0.2, 0.25) is 5.02 Å². The number of carbonyl (C=O) groups excluding carboxylic acids is 2. The first-order chi connectivity index (χ1) is 13.9. The van der Waals surface area contributed by atoms with Gasteiger partial charge in [0.05, 0.1) is 11.6 Å². The zero-order chi connectivity index (χ0) is 20.5. The Morgan fingerprint density at radius 2 is 1.97 bits per heavy atom. The van der Waals surface area contributed by atoms with Crippen molar-refractivity contribution in [2.24, 2.45) is 5.92 Å². The van der Waals surface area contributed by atoms with Gasteiger partial charge in [-0.2, -0.15) is 0 Å². The molecule has 2 aromatic rings. The van der Waals surface area contributed by atoms with E-state index in [0.717, 1.165) is 12.8 Å². The Kier molecular flexibility index (Phi) is 5.54. The normalized spacial score (nSPS) is 21.8. The molecule has 4 rings (SSSR count). The van der Waals surface area contributed by atoms with E-state index in [9.17, 15) is 18.4 Å².